The number of β-amino-alcohol motifs (C(OH)–C–C–N with tert-alkyl or cyclic N) is 1. The third-order valence-corrected chi connectivity index (χ3v) is 2.04. The molecule has 0 bridgehead atoms. The Morgan fingerprint density at radius 3 is 2.27 bits per heavy atom. The standard InChI is InChI=1S/C7H13F2NO/c1-5(2)10-3-6(11)7(8,9)4-10/h5-6,11H,3-4H2,1-2H3. The van der Waals surface area contributed by atoms with E-state index in [1.165, 1.54) is 0 Å². The highest BCUT2D eigenvalue weighted by Gasteiger charge is 2.47. The number of halogens is 2. The van der Waals surface area contributed by atoms with Gasteiger partial charge in [-0.25, -0.2) is 8.78 Å². The second kappa shape index (κ2) is 2.68. The van der Waals surface area contributed by atoms with Crippen molar-refractivity contribution in [1.29, 1.82) is 0 Å². The van der Waals surface area contributed by atoms with E-state index in [1.54, 1.807) is 4.90 Å². The maximum absolute atomic E-state index is 12.7. The molecule has 0 aromatic rings. The fourth-order valence-electron chi connectivity index (χ4n) is 1.19. The first kappa shape index (κ1) is 8.87. The van der Waals surface area contributed by atoms with Crippen LogP contribution < -0.4 is 0 Å². The Morgan fingerprint density at radius 2 is 2.09 bits per heavy atom. The van der Waals surface area contributed by atoms with Crippen LogP contribution in [0.3, 0.4) is 0 Å². The molecule has 1 aliphatic rings. The predicted octanol–water partition coefficient (Wildman–Crippen LogP) is 0.707. The highest BCUT2D eigenvalue weighted by molar-refractivity contribution is 4.91. The number of aliphatic hydroxyl groups is 1. The van der Waals surface area contributed by atoms with E-state index in [-0.39, 0.29) is 19.1 Å². The van der Waals surface area contributed by atoms with Crippen LogP contribution in [-0.2, 0) is 0 Å². The maximum atomic E-state index is 12.7. The maximum Gasteiger partial charge on any atom is 0.287 e. The van der Waals surface area contributed by atoms with Crippen LogP contribution in [-0.4, -0.2) is 41.2 Å². The fraction of sp³-hybridized carbons (Fsp3) is 1.00. The van der Waals surface area contributed by atoms with Crippen molar-refractivity contribution in [3.05, 3.63) is 0 Å². The molecular formula is C7H13F2NO. The summed E-state index contributed by atoms with van der Waals surface area (Å²) in [5, 5.41) is 8.88. The topological polar surface area (TPSA) is 23.5 Å². The molecule has 1 aliphatic heterocycles. The Hall–Kier alpha value is -0.220. The molecule has 0 aromatic carbocycles. The summed E-state index contributed by atoms with van der Waals surface area (Å²) in [6.07, 6.45) is -1.48. The molecule has 0 spiro atoms. The lowest BCUT2D eigenvalue weighted by molar-refractivity contribution is -0.0734. The van der Waals surface area contributed by atoms with E-state index in [2.05, 4.69) is 0 Å². The summed E-state index contributed by atoms with van der Waals surface area (Å²) in [5.74, 6) is -2.91. The summed E-state index contributed by atoms with van der Waals surface area (Å²) in [6.45, 7) is 3.46. The molecule has 0 aliphatic carbocycles. The molecule has 1 atom stereocenters. The van der Waals surface area contributed by atoms with Crippen LogP contribution >= 0.6 is 0 Å². The minimum atomic E-state index is -2.91. The van der Waals surface area contributed by atoms with Crippen molar-refractivity contribution >= 4 is 0 Å². The van der Waals surface area contributed by atoms with Gasteiger partial charge in [0.25, 0.3) is 5.92 Å². The molecule has 1 saturated heterocycles. The Labute approximate surface area is 64.8 Å². The number of aliphatic hydroxyl groups excluding tert-OH is 1. The van der Waals surface area contributed by atoms with Gasteiger partial charge in [0.05, 0.1) is 6.54 Å². The van der Waals surface area contributed by atoms with E-state index >= 15 is 0 Å². The van der Waals surface area contributed by atoms with Crippen molar-refractivity contribution in [1.82, 2.24) is 4.90 Å². The zero-order valence-corrected chi connectivity index (χ0v) is 6.72. The Morgan fingerprint density at radius 1 is 1.55 bits per heavy atom. The minimum absolute atomic E-state index is 0.0815. The molecule has 11 heavy (non-hydrogen) atoms. The average Bonchev–Trinajstić information content (AvgIpc) is 2.08. The van der Waals surface area contributed by atoms with Crippen LogP contribution in [0, 0.1) is 0 Å². The SMILES string of the molecule is CC(C)N1CC(O)C(F)(F)C1. The highest BCUT2D eigenvalue weighted by Crippen LogP contribution is 2.28. The van der Waals surface area contributed by atoms with Crippen molar-refractivity contribution in [2.45, 2.75) is 31.9 Å². The van der Waals surface area contributed by atoms with Crippen molar-refractivity contribution in [3.63, 3.8) is 0 Å². The average molecular weight is 165 g/mol. The van der Waals surface area contributed by atoms with Gasteiger partial charge < -0.3 is 5.11 Å². The summed E-state index contributed by atoms with van der Waals surface area (Å²) in [4.78, 5) is 1.57. The summed E-state index contributed by atoms with van der Waals surface area (Å²) < 4.78 is 25.3. The zero-order chi connectivity index (χ0) is 8.65. The van der Waals surface area contributed by atoms with E-state index in [1.807, 2.05) is 13.8 Å². The summed E-state index contributed by atoms with van der Waals surface area (Å²) in [5.41, 5.74) is 0. The van der Waals surface area contributed by atoms with Crippen molar-refractivity contribution < 1.29 is 13.9 Å². The lowest BCUT2D eigenvalue weighted by Gasteiger charge is -2.18. The van der Waals surface area contributed by atoms with Crippen molar-refractivity contribution in [2.75, 3.05) is 13.1 Å². The van der Waals surface area contributed by atoms with Crippen LogP contribution in [0.5, 0.6) is 0 Å². The summed E-state index contributed by atoms with van der Waals surface area (Å²) in [6, 6.07) is 0.0815. The third kappa shape index (κ3) is 1.68. The summed E-state index contributed by atoms with van der Waals surface area (Å²) >= 11 is 0. The van der Waals surface area contributed by atoms with Gasteiger partial charge in [0, 0.05) is 12.6 Å². The summed E-state index contributed by atoms with van der Waals surface area (Å²) in [7, 11) is 0. The molecule has 4 heteroatoms. The number of hydrogen-bond acceptors (Lipinski definition) is 2. The van der Waals surface area contributed by atoms with Crippen LogP contribution in [0.15, 0.2) is 0 Å². The molecule has 0 saturated carbocycles. The van der Waals surface area contributed by atoms with E-state index in [0.29, 0.717) is 0 Å². The third-order valence-electron chi connectivity index (χ3n) is 2.04. The van der Waals surface area contributed by atoms with Crippen LogP contribution in [0.2, 0.25) is 0 Å². The van der Waals surface area contributed by atoms with Crippen LogP contribution in [0.4, 0.5) is 8.78 Å². The first-order chi connectivity index (χ1) is 4.93. The Bertz CT molecular complexity index is 149. The first-order valence-corrected chi connectivity index (χ1v) is 3.73. The number of hydrogen-bond donors (Lipinski definition) is 1. The van der Waals surface area contributed by atoms with Crippen molar-refractivity contribution in [2.24, 2.45) is 0 Å². The van der Waals surface area contributed by atoms with Gasteiger partial charge in [0.15, 0.2) is 0 Å². The van der Waals surface area contributed by atoms with Gasteiger partial charge >= 0.3 is 0 Å². The predicted molar refractivity (Wildman–Crippen MR) is 37.7 cm³/mol. The molecule has 1 fully saturated rings. The number of nitrogens with zero attached hydrogens (tertiary/aromatic N) is 1. The Kier molecular flexibility index (Phi) is 2.16. The first-order valence-electron chi connectivity index (χ1n) is 3.73. The second-order valence-electron chi connectivity index (χ2n) is 3.30. The van der Waals surface area contributed by atoms with Gasteiger partial charge in [0.2, 0.25) is 0 Å². The smallest absolute Gasteiger partial charge is 0.287 e. The van der Waals surface area contributed by atoms with Gasteiger partial charge in [-0.2, -0.15) is 0 Å². The van der Waals surface area contributed by atoms with E-state index in [9.17, 15) is 8.78 Å². The molecule has 1 unspecified atom stereocenters. The zero-order valence-electron chi connectivity index (χ0n) is 6.72. The van der Waals surface area contributed by atoms with E-state index in [0.717, 1.165) is 0 Å². The molecule has 2 nitrogen and oxygen atoms in total. The quantitative estimate of drug-likeness (QED) is 0.618. The molecule has 0 radical (unpaired) electrons. The molecular weight excluding hydrogens is 152 g/mol. The molecule has 0 amide bonds. The van der Waals surface area contributed by atoms with Gasteiger partial charge in [-0.1, -0.05) is 0 Å². The van der Waals surface area contributed by atoms with Gasteiger partial charge in [-0.05, 0) is 13.8 Å². The highest BCUT2D eigenvalue weighted by atomic mass is 19.3. The molecule has 66 valence electrons. The molecule has 1 heterocycles. The van der Waals surface area contributed by atoms with E-state index < -0.39 is 12.0 Å². The van der Waals surface area contributed by atoms with Gasteiger partial charge in [-0.3, -0.25) is 4.90 Å². The fourth-order valence-corrected chi connectivity index (χ4v) is 1.19. The number of likely N-dealkylation sites (tertiary alicyclic amines) is 1. The largest absolute Gasteiger partial charge is 0.385 e. The lowest BCUT2D eigenvalue weighted by atomic mass is 10.2. The number of rotatable bonds is 1. The molecule has 1 rings (SSSR count). The minimum Gasteiger partial charge on any atom is -0.385 e. The van der Waals surface area contributed by atoms with E-state index in [4.69, 9.17) is 5.11 Å². The second-order valence-corrected chi connectivity index (χ2v) is 3.30. The monoisotopic (exact) mass is 165 g/mol. The molecule has 1 N–H and O–H groups in total. The normalized spacial score (nSPS) is 31.6. The van der Waals surface area contributed by atoms with Gasteiger partial charge in [0.1, 0.15) is 6.10 Å². The van der Waals surface area contributed by atoms with Crippen LogP contribution in [0.25, 0.3) is 0 Å². The molecule has 0 aromatic heterocycles. The Balaban J connectivity index is 2.57. The van der Waals surface area contributed by atoms with Gasteiger partial charge in [-0.15, -0.1) is 0 Å². The van der Waals surface area contributed by atoms with Crippen LogP contribution in [0.1, 0.15) is 13.8 Å². The van der Waals surface area contributed by atoms with Crippen molar-refractivity contribution in [3.8, 4) is 0 Å². The number of alkyl halides is 2. The lowest BCUT2D eigenvalue weighted by Crippen LogP contribution is -2.32.